The third kappa shape index (κ3) is 4.90. The number of carbonyl (C=O) groups is 1. The minimum atomic E-state index is -0.490. The van der Waals surface area contributed by atoms with Crippen molar-refractivity contribution < 1.29 is 9.18 Å². The first-order valence-corrected chi connectivity index (χ1v) is 6.63. The summed E-state index contributed by atoms with van der Waals surface area (Å²) >= 11 is 5.66. The second-order valence-electron chi connectivity index (χ2n) is 4.77. The Hall–Kier alpha value is -0.880. The van der Waals surface area contributed by atoms with E-state index in [1.54, 1.807) is 0 Å². The summed E-state index contributed by atoms with van der Waals surface area (Å²) in [6.07, 6.45) is 0. The molecule has 0 saturated carbocycles. The van der Waals surface area contributed by atoms with Crippen LogP contribution in [0.5, 0.6) is 0 Å². The summed E-state index contributed by atoms with van der Waals surface area (Å²) < 4.78 is 13.0. The number of benzene rings is 1. The maximum Gasteiger partial charge on any atom is 0.238 e. The van der Waals surface area contributed by atoms with Crippen molar-refractivity contribution in [2.75, 3.05) is 31.5 Å². The molecule has 1 aromatic carbocycles. The zero-order chi connectivity index (χ0) is 13.8. The molecule has 20 heavy (non-hydrogen) atoms. The molecule has 0 aliphatic carbocycles. The normalized spacial score (nSPS) is 19.2. The molecule has 1 aromatic rings. The van der Waals surface area contributed by atoms with Crippen LogP contribution in [0.2, 0.25) is 5.02 Å². The summed E-state index contributed by atoms with van der Waals surface area (Å²) in [7, 11) is 0. The Balaban J connectivity index is 0.00000200. The molecule has 1 fully saturated rings. The monoisotopic (exact) mass is 321 g/mol. The molecule has 1 unspecified atom stereocenters. The van der Waals surface area contributed by atoms with Gasteiger partial charge < -0.3 is 10.6 Å². The summed E-state index contributed by atoms with van der Waals surface area (Å²) in [4.78, 5) is 14.0. The van der Waals surface area contributed by atoms with Gasteiger partial charge in [0, 0.05) is 31.4 Å². The Morgan fingerprint density at radius 3 is 3.00 bits per heavy atom. The predicted octanol–water partition coefficient (Wildman–Crippen LogP) is 2.13. The van der Waals surface area contributed by atoms with Crippen molar-refractivity contribution in [1.82, 2.24) is 10.2 Å². The van der Waals surface area contributed by atoms with Crippen molar-refractivity contribution in [1.29, 1.82) is 0 Å². The maximum atomic E-state index is 13.0. The van der Waals surface area contributed by atoms with Crippen LogP contribution in [0.25, 0.3) is 0 Å². The summed E-state index contributed by atoms with van der Waals surface area (Å²) in [5.74, 6) is -0.604. The van der Waals surface area contributed by atoms with Crippen LogP contribution < -0.4 is 10.6 Å². The number of anilines is 1. The van der Waals surface area contributed by atoms with Crippen LogP contribution in [0, 0.1) is 5.82 Å². The highest BCUT2D eigenvalue weighted by molar-refractivity contribution is 6.31. The summed E-state index contributed by atoms with van der Waals surface area (Å²) in [5.41, 5.74) is 0.514. The molecule has 2 rings (SSSR count). The van der Waals surface area contributed by atoms with Gasteiger partial charge >= 0.3 is 0 Å². The fourth-order valence-corrected chi connectivity index (χ4v) is 2.31. The van der Waals surface area contributed by atoms with Gasteiger partial charge in [0.05, 0.1) is 11.6 Å². The molecule has 2 N–H and O–H groups in total. The van der Waals surface area contributed by atoms with Crippen LogP contribution >= 0.6 is 24.0 Å². The molecule has 1 aliphatic rings. The molecule has 1 aliphatic heterocycles. The van der Waals surface area contributed by atoms with Crippen LogP contribution in [-0.4, -0.2) is 43.0 Å². The molecule has 4 nitrogen and oxygen atoms in total. The molecule has 7 heteroatoms. The van der Waals surface area contributed by atoms with Gasteiger partial charge in [0.2, 0.25) is 5.91 Å². The average molecular weight is 322 g/mol. The molecule has 112 valence electrons. The Morgan fingerprint density at radius 2 is 2.35 bits per heavy atom. The summed E-state index contributed by atoms with van der Waals surface area (Å²) in [6.45, 7) is 5.00. The fraction of sp³-hybridized carbons (Fsp3) is 0.462. The van der Waals surface area contributed by atoms with E-state index in [9.17, 15) is 9.18 Å². The lowest BCUT2D eigenvalue weighted by molar-refractivity contribution is -0.117. The van der Waals surface area contributed by atoms with E-state index in [0.717, 1.165) is 19.6 Å². The lowest BCUT2D eigenvalue weighted by atomic mass is 10.2. The lowest BCUT2D eigenvalue weighted by Crippen LogP contribution is -2.51. The number of carbonyl (C=O) groups excluding carboxylic acids is 1. The first-order chi connectivity index (χ1) is 9.04. The molecular formula is C13H18Cl2FN3O. The van der Waals surface area contributed by atoms with Crippen LogP contribution in [0.1, 0.15) is 6.92 Å². The summed E-state index contributed by atoms with van der Waals surface area (Å²) in [5, 5.41) is 6.04. The van der Waals surface area contributed by atoms with Crippen molar-refractivity contribution in [2.45, 2.75) is 13.0 Å². The molecule has 1 saturated heterocycles. The largest absolute Gasteiger partial charge is 0.325 e. The number of rotatable bonds is 3. The van der Waals surface area contributed by atoms with Gasteiger partial charge in [0.1, 0.15) is 5.82 Å². The molecule has 0 bridgehead atoms. The third-order valence-corrected chi connectivity index (χ3v) is 3.31. The lowest BCUT2D eigenvalue weighted by Gasteiger charge is -2.31. The van der Waals surface area contributed by atoms with Gasteiger partial charge in [-0.15, -0.1) is 12.4 Å². The highest BCUT2D eigenvalue weighted by Crippen LogP contribution is 2.19. The van der Waals surface area contributed by atoms with E-state index in [1.807, 2.05) is 0 Å². The maximum absolute atomic E-state index is 13.0. The van der Waals surface area contributed by atoms with E-state index < -0.39 is 5.82 Å². The highest BCUT2D eigenvalue weighted by atomic mass is 35.5. The van der Waals surface area contributed by atoms with Crippen LogP contribution in [0.4, 0.5) is 10.1 Å². The third-order valence-electron chi connectivity index (χ3n) is 3.02. The van der Waals surface area contributed by atoms with Gasteiger partial charge in [-0.1, -0.05) is 11.6 Å². The first-order valence-electron chi connectivity index (χ1n) is 6.25. The van der Waals surface area contributed by atoms with Gasteiger partial charge in [-0.2, -0.15) is 0 Å². The molecule has 0 spiro atoms. The minimum absolute atomic E-state index is 0. The number of nitrogens with zero attached hydrogens (tertiary/aromatic N) is 1. The smallest absolute Gasteiger partial charge is 0.238 e. The molecule has 1 atom stereocenters. The SMILES string of the molecule is CC1CN(CC(=O)Nc2ccc(F)c(Cl)c2)CCN1.Cl. The van der Waals surface area contributed by atoms with E-state index in [0.29, 0.717) is 18.3 Å². The molecule has 1 amide bonds. The average Bonchev–Trinajstić information content (AvgIpc) is 2.34. The van der Waals surface area contributed by atoms with Crippen LogP contribution in [-0.2, 0) is 4.79 Å². The van der Waals surface area contributed by atoms with Gasteiger partial charge in [-0.3, -0.25) is 9.69 Å². The van der Waals surface area contributed by atoms with E-state index in [4.69, 9.17) is 11.6 Å². The minimum Gasteiger partial charge on any atom is -0.325 e. The number of amides is 1. The zero-order valence-electron chi connectivity index (χ0n) is 11.2. The second kappa shape index (κ2) is 7.78. The zero-order valence-corrected chi connectivity index (χ0v) is 12.7. The standard InChI is InChI=1S/C13H17ClFN3O.ClH/c1-9-7-18(5-4-16-9)8-13(19)17-10-2-3-12(15)11(14)6-10;/h2-3,6,9,16H,4-5,7-8H2,1H3,(H,17,19);1H. The Kier molecular flexibility index (Phi) is 6.68. The molecule has 0 radical (unpaired) electrons. The molecular weight excluding hydrogens is 304 g/mol. The Labute approximate surface area is 129 Å². The topological polar surface area (TPSA) is 44.4 Å². The molecule has 0 aromatic heterocycles. The first kappa shape index (κ1) is 17.2. The van der Waals surface area contributed by atoms with Gasteiger partial charge in [-0.25, -0.2) is 4.39 Å². The number of halogens is 3. The van der Waals surface area contributed by atoms with Crippen molar-refractivity contribution in [2.24, 2.45) is 0 Å². The number of hydrogen-bond donors (Lipinski definition) is 2. The van der Waals surface area contributed by atoms with Gasteiger partial charge in [0.15, 0.2) is 0 Å². The quantitative estimate of drug-likeness (QED) is 0.896. The van der Waals surface area contributed by atoms with Crippen LogP contribution in [0.3, 0.4) is 0 Å². The summed E-state index contributed by atoms with van der Waals surface area (Å²) in [6, 6.07) is 4.54. The number of nitrogens with one attached hydrogen (secondary N) is 2. The second-order valence-corrected chi connectivity index (χ2v) is 5.17. The van der Waals surface area contributed by atoms with Crippen LogP contribution in [0.15, 0.2) is 18.2 Å². The van der Waals surface area contributed by atoms with E-state index in [1.165, 1.54) is 18.2 Å². The van der Waals surface area contributed by atoms with Crippen molar-refractivity contribution in [3.05, 3.63) is 29.0 Å². The van der Waals surface area contributed by atoms with Gasteiger partial charge in [-0.05, 0) is 25.1 Å². The predicted molar refractivity (Wildman–Crippen MR) is 81.2 cm³/mol. The highest BCUT2D eigenvalue weighted by Gasteiger charge is 2.18. The molecule has 1 heterocycles. The Morgan fingerprint density at radius 1 is 1.60 bits per heavy atom. The number of hydrogen-bond acceptors (Lipinski definition) is 3. The van der Waals surface area contributed by atoms with Gasteiger partial charge in [0.25, 0.3) is 0 Å². The number of piperazine rings is 1. The van der Waals surface area contributed by atoms with Crippen molar-refractivity contribution in [3.63, 3.8) is 0 Å². The fourth-order valence-electron chi connectivity index (χ4n) is 2.13. The van der Waals surface area contributed by atoms with E-state index >= 15 is 0 Å². The van der Waals surface area contributed by atoms with E-state index in [-0.39, 0.29) is 23.3 Å². The van der Waals surface area contributed by atoms with E-state index in [2.05, 4.69) is 22.5 Å². The van der Waals surface area contributed by atoms with Crippen molar-refractivity contribution >= 4 is 35.6 Å². The van der Waals surface area contributed by atoms with Crippen molar-refractivity contribution in [3.8, 4) is 0 Å². The Bertz CT molecular complexity index is 473.